The Kier molecular flexibility index (Phi) is 4.89. The Bertz CT molecular complexity index is 847. The van der Waals surface area contributed by atoms with Crippen LogP contribution in [0.25, 0.3) is 11.1 Å². The second-order valence-corrected chi connectivity index (χ2v) is 7.47. The van der Waals surface area contributed by atoms with E-state index in [1.807, 2.05) is 36.5 Å². The third-order valence-corrected chi connectivity index (χ3v) is 4.48. The maximum atomic E-state index is 10.8. The third-order valence-electron chi connectivity index (χ3n) is 4.48. The van der Waals surface area contributed by atoms with Gasteiger partial charge in [0.05, 0.1) is 0 Å². The van der Waals surface area contributed by atoms with Gasteiger partial charge >= 0.3 is 0 Å². The summed E-state index contributed by atoms with van der Waals surface area (Å²) in [5, 5.41) is 10.8. The van der Waals surface area contributed by atoms with E-state index in [9.17, 15) is 5.11 Å². The summed E-state index contributed by atoms with van der Waals surface area (Å²) in [6, 6.07) is 20.5. The van der Waals surface area contributed by atoms with Gasteiger partial charge in [0.2, 0.25) is 0 Å². The number of aryl methyl sites for hydroxylation is 2. The SMILES string of the molecule is CC(C)(C)c1cccc(-c2cccc(CCc3ccccn3)c2)c1O. The van der Waals surface area contributed by atoms with Gasteiger partial charge < -0.3 is 5.11 Å². The highest BCUT2D eigenvalue weighted by Crippen LogP contribution is 2.38. The fourth-order valence-electron chi connectivity index (χ4n) is 3.09. The maximum Gasteiger partial charge on any atom is 0.127 e. The zero-order chi connectivity index (χ0) is 17.9. The lowest BCUT2D eigenvalue weighted by molar-refractivity contribution is 0.448. The lowest BCUT2D eigenvalue weighted by Crippen LogP contribution is -2.11. The van der Waals surface area contributed by atoms with E-state index in [1.54, 1.807) is 0 Å². The fraction of sp³-hybridized carbons (Fsp3) is 0.261. The summed E-state index contributed by atoms with van der Waals surface area (Å²) >= 11 is 0. The van der Waals surface area contributed by atoms with Crippen molar-refractivity contribution in [2.45, 2.75) is 39.0 Å². The van der Waals surface area contributed by atoms with Crippen LogP contribution in [0.15, 0.2) is 66.9 Å². The number of hydrogen-bond donors (Lipinski definition) is 1. The summed E-state index contributed by atoms with van der Waals surface area (Å²) < 4.78 is 0. The number of rotatable bonds is 4. The lowest BCUT2D eigenvalue weighted by Gasteiger charge is -2.22. The van der Waals surface area contributed by atoms with E-state index in [0.29, 0.717) is 5.75 Å². The monoisotopic (exact) mass is 331 g/mol. The molecule has 2 nitrogen and oxygen atoms in total. The second kappa shape index (κ2) is 7.10. The van der Waals surface area contributed by atoms with E-state index in [0.717, 1.165) is 35.2 Å². The second-order valence-electron chi connectivity index (χ2n) is 7.47. The standard InChI is InChI=1S/C23H25NO/c1-23(2,3)21-12-7-11-20(22(21)25)18-9-6-8-17(16-18)13-14-19-10-4-5-15-24-19/h4-12,15-16,25H,13-14H2,1-3H3. The molecular formula is C23H25NO. The smallest absolute Gasteiger partial charge is 0.127 e. The van der Waals surface area contributed by atoms with Gasteiger partial charge in [-0.2, -0.15) is 0 Å². The van der Waals surface area contributed by atoms with E-state index >= 15 is 0 Å². The normalized spacial score (nSPS) is 11.5. The molecule has 0 spiro atoms. The Morgan fingerprint density at radius 3 is 2.40 bits per heavy atom. The molecule has 1 heterocycles. The lowest BCUT2D eigenvalue weighted by atomic mass is 9.84. The molecule has 3 rings (SSSR count). The van der Waals surface area contributed by atoms with Crippen LogP contribution in [0.5, 0.6) is 5.75 Å². The summed E-state index contributed by atoms with van der Waals surface area (Å²) in [5.74, 6) is 0.386. The zero-order valence-corrected chi connectivity index (χ0v) is 15.2. The van der Waals surface area contributed by atoms with Crippen molar-refractivity contribution in [3.8, 4) is 16.9 Å². The summed E-state index contributed by atoms with van der Waals surface area (Å²) in [7, 11) is 0. The van der Waals surface area contributed by atoms with Gasteiger partial charge in [-0.3, -0.25) is 4.98 Å². The van der Waals surface area contributed by atoms with E-state index in [1.165, 1.54) is 5.56 Å². The van der Waals surface area contributed by atoms with E-state index < -0.39 is 0 Å². The van der Waals surface area contributed by atoms with Gasteiger partial charge in [0, 0.05) is 17.5 Å². The van der Waals surface area contributed by atoms with Gasteiger partial charge in [0.25, 0.3) is 0 Å². The molecule has 0 radical (unpaired) electrons. The first-order valence-electron chi connectivity index (χ1n) is 8.77. The summed E-state index contributed by atoms with van der Waals surface area (Å²) in [5.41, 5.74) is 5.20. The summed E-state index contributed by atoms with van der Waals surface area (Å²) in [4.78, 5) is 4.39. The molecule has 1 N–H and O–H groups in total. The average Bonchev–Trinajstić information content (AvgIpc) is 2.60. The van der Waals surface area contributed by atoms with Crippen molar-refractivity contribution in [1.29, 1.82) is 0 Å². The number of nitrogens with zero attached hydrogens (tertiary/aromatic N) is 1. The van der Waals surface area contributed by atoms with Crippen molar-refractivity contribution < 1.29 is 5.11 Å². The molecule has 3 aromatic rings. The number of benzene rings is 2. The highest BCUT2D eigenvalue weighted by atomic mass is 16.3. The Morgan fingerprint density at radius 1 is 0.880 bits per heavy atom. The quantitative estimate of drug-likeness (QED) is 0.681. The van der Waals surface area contributed by atoms with Gasteiger partial charge in [-0.1, -0.05) is 69.3 Å². The highest BCUT2D eigenvalue weighted by molar-refractivity contribution is 5.72. The number of aromatic nitrogens is 1. The van der Waals surface area contributed by atoms with Crippen molar-refractivity contribution >= 4 is 0 Å². The first-order valence-corrected chi connectivity index (χ1v) is 8.77. The van der Waals surface area contributed by atoms with Crippen LogP contribution in [0.4, 0.5) is 0 Å². The van der Waals surface area contributed by atoms with Crippen molar-refractivity contribution in [3.05, 3.63) is 83.7 Å². The van der Waals surface area contributed by atoms with Gasteiger partial charge in [-0.15, -0.1) is 0 Å². The predicted molar refractivity (Wildman–Crippen MR) is 104 cm³/mol. The molecule has 0 amide bonds. The Hall–Kier alpha value is -2.61. The number of pyridine rings is 1. The first kappa shape index (κ1) is 17.2. The average molecular weight is 331 g/mol. The van der Waals surface area contributed by atoms with Crippen molar-refractivity contribution in [2.75, 3.05) is 0 Å². The van der Waals surface area contributed by atoms with Crippen molar-refractivity contribution in [1.82, 2.24) is 4.98 Å². The number of para-hydroxylation sites is 1. The van der Waals surface area contributed by atoms with Crippen LogP contribution in [0, 0.1) is 0 Å². The Labute approximate surface area is 150 Å². The molecule has 2 heteroatoms. The van der Waals surface area contributed by atoms with Gasteiger partial charge in [0.1, 0.15) is 5.75 Å². The Morgan fingerprint density at radius 2 is 1.68 bits per heavy atom. The molecule has 1 aromatic heterocycles. The summed E-state index contributed by atoms with van der Waals surface area (Å²) in [6.45, 7) is 6.36. The molecule has 0 bridgehead atoms. The minimum Gasteiger partial charge on any atom is -0.507 e. The number of aromatic hydroxyl groups is 1. The predicted octanol–water partition coefficient (Wildman–Crippen LogP) is 5.54. The topological polar surface area (TPSA) is 33.1 Å². The minimum absolute atomic E-state index is 0.0866. The van der Waals surface area contributed by atoms with Crippen molar-refractivity contribution in [3.63, 3.8) is 0 Å². The molecule has 0 aliphatic heterocycles. The number of phenols is 1. The van der Waals surface area contributed by atoms with E-state index in [4.69, 9.17) is 0 Å². The van der Waals surface area contributed by atoms with Crippen molar-refractivity contribution in [2.24, 2.45) is 0 Å². The van der Waals surface area contributed by atoms with Crippen LogP contribution < -0.4 is 0 Å². The molecule has 0 aliphatic carbocycles. The Balaban J connectivity index is 1.87. The van der Waals surface area contributed by atoms with E-state index in [2.05, 4.69) is 56.1 Å². The van der Waals surface area contributed by atoms with Crippen LogP contribution in [0.3, 0.4) is 0 Å². The molecule has 25 heavy (non-hydrogen) atoms. The number of hydrogen-bond acceptors (Lipinski definition) is 2. The molecule has 0 fully saturated rings. The largest absolute Gasteiger partial charge is 0.507 e. The number of phenolic OH excluding ortho intramolecular Hbond substituents is 1. The molecule has 0 atom stereocenters. The molecule has 0 saturated carbocycles. The molecular weight excluding hydrogens is 306 g/mol. The van der Waals surface area contributed by atoms with Crippen LogP contribution in [0.1, 0.15) is 37.6 Å². The molecule has 0 unspecified atom stereocenters. The maximum absolute atomic E-state index is 10.8. The zero-order valence-electron chi connectivity index (χ0n) is 15.2. The van der Waals surface area contributed by atoms with Crippen LogP contribution in [-0.4, -0.2) is 10.1 Å². The molecule has 128 valence electrons. The van der Waals surface area contributed by atoms with Crippen LogP contribution >= 0.6 is 0 Å². The summed E-state index contributed by atoms with van der Waals surface area (Å²) in [6.07, 6.45) is 3.69. The van der Waals surface area contributed by atoms with E-state index in [-0.39, 0.29) is 5.41 Å². The minimum atomic E-state index is -0.0866. The van der Waals surface area contributed by atoms with Gasteiger partial charge in [-0.25, -0.2) is 0 Å². The fourth-order valence-corrected chi connectivity index (χ4v) is 3.09. The van der Waals surface area contributed by atoms with Crippen LogP contribution in [-0.2, 0) is 18.3 Å². The van der Waals surface area contributed by atoms with Crippen LogP contribution in [0.2, 0.25) is 0 Å². The van der Waals surface area contributed by atoms with Gasteiger partial charge in [-0.05, 0) is 47.1 Å². The first-order chi connectivity index (χ1) is 11.9. The van der Waals surface area contributed by atoms with Gasteiger partial charge in [0.15, 0.2) is 0 Å². The molecule has 0 saturated heterocycles. The molecule has 0 aliphatic rings. The molecule has 2 aromatic carbocycles. The third kappa shape index (κ3) is 4.08. The highest BCUT2D eigenvalue weighted by Gasteiger charge is 2.20.